The van der Waals surface area contributed by atoms with Crippen molar-refractivity contribution in [1.29, 1.82) is 0 Å². The molecular weight excluding hydrogens is 241 g/mol. The third-order valence-electron chi connectivity index (χ3n) is 1.39. The van der Waals surface area contributed by atoms with Crippen LogP contribution in [0.3, 0.4) is 0 Å². The Bertz CT molecular complexity index is 399. The minimum Gasteiger partial charge on any atom is -0.315 e. The lowest BCUT2D eigenvalue weighted by molar-refractivity contribution is -0.267. The molecule has 0 atom stereocenters. The van der Waals surface area contributed by atoms with Gasteiger partial charge in [0.15, 0.2) is 5.82 Å². The average molecular weight is 245 g/mol. The largest absolute Gasteiger partial charge is 0.463 e. The fraction of sp³-hybridized carbons (Fsp3) is 0.500. The predicted octanol–water partition coefficient (Wildman–Crippen LogP) is 1.51. The lowest BCUT2D eigenvalue weighted by atomic mass is 10.3. The molecule has 1 amide bonds. The van der Waals surface area contributed by atoms with Crippen molar-refractivity contribution in [3.8, 4) is 0 Å². The second-order valence-electron chi connectivity index (χ2n) is 2.67. The van der Waals surface area contributed by atoms with Crippen molar-refractivity contribution in [3.63, 3.8) is 0 Å². The van der Waals surface area contributed by atoms with E-state index in [1.54, 1.807) is 0 Å². The van der Waals surface area contributed by atoms with E-state index in [9.17, 15) is 26.7 Å². The number of anilines is 1. The van der Waals surface area contributed by atoms with E-state index in [4.69, 9.17) is 0 Å². The van der Waals surface area contributed by atoms with E-state index < -0.39 is 24.0 Å². The number of hydrogen-bond donors (Lipinski definition) is 1. The van der Waals surface area contributed by atoms with Gasteiger partial charge in [0, 0.05) is 0 Å². The summed E-state index contributed by atoms with van der Waals surface area (Å²) in [6.45, 7) is 1.29. The molecule has 0 radical (unpaired) electrons. The monoisotopic (exact) mass is 245 g/mol. The first-order valence-electron chi connectivity index (χ1n) is 3.71. The van der Waals surface area contributed by atoms with E-state index >= 15 is 0 Å². The quantitative estimate of drug-likeness (QED) is 0.802. The summed E-state index contributed by atoms with van der Waals surface area (Å²) < 4.78 is 64.1. The number of carbonyl (C=O) groups is 1. The number of carbonyl (C=O) groups excluding carboxylic acids is 1. The number of nitrogens with one attached hydrogen (secondary N) is 1. The molecule has 0 saturated heterocycles. The van der Waals surface area contributed by atoms with Crippen molar-refractivity contribution >= 4 is 11.9 Å². The number of amides is 1. The zero-order valence-electron chi connectivity index (χ0n) is 7.60. The van der Waals surface area contributed by atoms with Crippen molar-refractivity contribution in [1.82, 2.24) is 10.1 Å². The van der Waals surface area contributed by atoms with Gasteiger partial charge in [-0.05, 0) is 6.92 Å². The molecular formula is C6H4F5N3O2. The summed E-state index contributed by atoms with van der Waals surface area (Å²) in [5.74, 6) is -8.12. The van der Waals surface area contributed by atoms with Gasteiger partial charge in [0.2, 0.25) is 0 Å². The lowest BCUT2D eigenvalue weighted by Gasteiger charge is -2.17. The number of aromatic nitrogens is 2. The summed E-state index contributed by atoms with van der Waals surface area (Å²) in [5.41, 5.74) is 0. The van der Waals surface area contributed by atoms with Gasteiger partial charge < -0.3 is 4.52 Å². The predicted molar refractivity (Wildman–Crippen MR) is 38.7 cm³/mol. The normalized spacial score (nSPS) is 12.6. The molecule has 1 rings (SSSR count). The number of aryl methyl sites for hydroxylation is 1. The molecule has 1 heterocycles. The number of halogens is 5. The molecule has 1 aromatic heterocycles. The third kappa shape index (κ3) is 2.25. The standard InChI is InChI=1S/C6H4F5N3O2/c1-2-12-4(16-14-2)13-3(15)5(7,8)6(9,10)11/h1H3,(H,12,13,14,15). The Balaban J connectivity index is 2.80. The second kappa shape index (κ2) is 3.68. The molecule has 0 fully saturated rings. The first-order chi connectivity index (χ1) is 7.14. The highest BCUT2D eigenvalue weighted by Crippen LogP contribution is 2.36. The summed E-state index contributed by atoms with van der Waals surface area (Å²) in [7, 11) is 0. The topological polar surface area (TPSA) is 68.0 Å². The molecule has 0 saturated carbocycles. The van der Waals surface area contributed by atoms with Crippen molar-refractivity contribution in [2.75, 3.05) is 5.32 Å². The van der Waals surface area contributed by atoms with Gasteiger partial charge in [-0.1, -0.05) is 5.16 Å². The van der Waals surface area contributed by atoms with Crippen LogP contribution in [0.15, 0.2) is 4.52 Å². The Kier molecular flexibility index (Phi) is 2.84. The zero-order chi connectivity index (χ0) is 12.6. The van der Waals surface area contributed by atoms with Crippen LogP contribution in [0.1, 0.15) is 5.82 Å². The summed E-state index contributed by atoms with van der Waals surface area (Å²) in [6.07, 6.45) is -5.98. The summed E-state index contributed by atoms with van der Waals surface area (Å²) >= 11 is 0. The fourth-order valence-electron chi connectivity index (χ4n) is 0.652. The number of hydrogen-bond acceptors (Lipinski definition) is 4. The summed E-state index contributed by atoms with van der Waals surface area (Å²) in [4.78, 5) is 13.8. The number of rotatable bonds is 2. The molecule has 0 aliphatic carbocycles. The van der Waals surface area contributed by atoms with E-state index in [2.05, 4.69) is 14.7 Å². The van der Waals surface area contributed by atoms with E-state index in [1.807, 2.05) is 0 Å². The van der Waals surface area contributed by atoms with Crippen LogP contribution in [0.2, 0.25) is 0 Å². The summed E-state index contributed by atoms with van der Waals surface area (Å²) in [6, 6.07) is -0.827. The highest BCUT2D eigenvalue weighted by atomic mass is 19.4. The van der Waals surface area contributed by atoms with E-state index in [0.29, 0.717) is 0 Å². The van der Waals surface area contributed by atoms with Gasteiger partial charge in [-0.25, -0.2) is 0 Å². The van der Waals surface area contributed by atoms with Gasteiger partial charge in [0.25, 0.3) is 0 Å². The number of nitrogens with zero attached hydrogens (tertiary/aromatic N) is 2. The molecule has 0 bridgehead atoms. The Hall–Kier alpha value is -1.74. The molecule has 1 N–H and O–H groups in total. The zero-order valence-corrected chi connectivity index (χ0v) is 7.60. The Morgan fingerprint density at radius 1 is 1.31 bits per heavy atom. The molecule has 90 valence electrons. The first-order valence-corrected chi connectivity index (χ1v) is 3.71. The molecule has 0 aliphatic heterocycles. The van der Waals surface area contributed by atoms with Crippen LogP contribution in [-0.4, -0.2) is 28.1 Å². The summed E-state index contributed by atoms with van der Waals surface area (Å²) in [5, 5.41) is 4.25. The molecule has 16 heavy (non-hydrogen) atoms. The first kappa shape index (κ1) is 12.3. The Morgan fingerprint density at radius 3 is 2.25 bits per heavy atom. The molecule has 5 nitrogen and oxygen atoms in total. The maximum absolute atomic E-state index is 12.4. The van der Waals surface area contributed by atoms with Crippen LogP contribution in [0.25, 0.3) is 0 Å². The minimum absolute atomic E-state index is 0.0226. The highest BCUT2D eigenvalue weighted by molar-refractivity contribution is 5.95. The fourth-order valence-corrected chi connectivity index (χ4v) is 0.652. The van der Waals surface area contributed by atoms with Gasteiger partial charge >= 0.3 is 24.0 Å². The Labute approximate surface area is 84.6 Å². The van der Waals surface area contributed by atoms with Crippen molar-refractivity contribution in [2.45, 2.75) is 19.0 Å². The Morgan fingerprint density at radius 2 is 1.88 bits per heavy atom. The number of alkyl halides is 5. The van der Waals surface area contributed by atoms with Gasteiger partial charge in [-0.15, -0.1) is 0 Å². The average Bonchev–Trinajstić information content (AvgIpc) is 2.49. The van der Waals surface area contributed by atoms with Crippen LogP contribution in [0.4, 0.5) is 28.0 Å². The van der Waals surface area contributed by atoms with E-state index in [-0.39, 0.29) is 5.82 Å². The highest BCUT2D eigenvalue weighted by Gasteiger charge is 2.63. The van der Waals surface area contributed by atoms with Crippen LogP contribution in [-0.2, 0) is 4.79 Å². The van der Waals surface area contributed by atoms with Crippen molar-refractivity contribution in [3.05, 3.63) is 5.82 Å². The third-order valence-corrected chi connectivity index (χ3v) is 1.39. The molecule has 0 aromatic carbocycles. The van der Waals surface area contributed by atoms with Gasteiger partial charge in [-0.3, -0.25) is 10.1 Å². The molecule has 1 aromatic rings. The second-order valence-corrected chi connectivity index (χ2v) is 2.67. The van der Waals surface area contributed by atoms with E-state index in [1.165, 1.54) is 6.92 Å². The van der Waals surface area contributed by atoms with Gasteiger partial charge in [0.05, 0.1) is 0 Å². The maximum Gasteiger partial charge on any atom is 0.463 e. The van der Waals surface area contributed by atoms with Crippen LogP contribution in [0, 0.1) is 6.92 Å². The van der Waals surface area contributed by atoms with E-state index in [0.717, 1.165) is 5.32 Å². The van der Waals surface area contributed by atoms with Crippen LogP contribution >= 0.6 is 0 Å². The molecule has 0 spiro atoms. The van der Waals surface area contributed by atoms with Gasteiger partial charge in [-0.2, -0.15) is 26.9 Å². The minimum atomic E-state index is -5.98. The van der Waals surface area contributed by atoms with Crippen molar-refractivity contribution in [2.24, 2.45) is 0 Å². The van der Waals surface area contributed by atoms with Crippen LogP contribution in [0.5, 0.6) is 0 Å². The molecule has 0 unspecified atom stereocenters. The van der Waals surface area contributed by atoms with Crippen molar-refractivity contribution < 1.29 is 31.3 Å². The maximum atomic E-state index is 12.4. The smallest absolute Gasteiger partial charge is 0.315 e. The SMILES string of the molecule is Cc1noc(NC(=O)C(F)(F)C(F)(F)F)n1. The van der Waals surface area contributed by atoms with Gasteiger partial charge in [0.1, 0.15) is 0 Å². The van der Waals surface area contributed by atoms with Crippen LogP contribution < -0.4 is 5.32 Å². The molecule has 10 heteroatoms. The lowest BCUT2D eigenvalue weighted by Crippen LogP contribution is -2.47. The molecule has 0 aliphatic rings.